The Balaban J connectivity index is 2.01. The lowest BCUT2D eigenvalue weighted by Crippen LogP contribution is -2.53. The highest BCUT2D eigenvalue weighted by Gasteiger charge is 2.33. The van der Waals surface area contributed by atoms with Gasteiger partial charge in [-0.3, -0.25) is 13.9 Å². The van der Waals surface area contributed by atoms with E-state index >= 15 is 0 Å². The van der Waals surface area contributed by atoms with E-state index in [0.29, 0.717) is 17.3 Å². The highest BCUT2D eigenvalue weighted by molar-refractivity contribution is 7.92. The number of sulfonamides is 1. The van der Waals surface area contributed by atoms with E-state index in [1.54, 1.807) is 36.4 Å². The van der Waals surface area contributed by atoms with Gasteiger partial charge in [-0.15, -0.1) is 0 Å². The predicted octanol–water partition coefficient (Wildman–Crippen LogP) is 5.22. The monoisotopic (exact) mass is 583 g/mol. The second kappa shape index (κ2) is 14.9. The Morgan fingerprint density at radius 2 is 1.50 bits per heavy atom. The van der Waals surface area contributed by atoms with Crippen molar-refractivity contribution in [1.82, 2.24) is 10.2 Å². The molecular weight excluding hydrogens is 546 g/mol. The van der Waals surface area contributed by atoms with Crippen LogP contribution < -0.4 is 9.62 Å². The van der Waals surface area contributed by atoms with Gasteiger partial charge in [0.1, 0.15) is 12.6 Å². The molecule has 1 atom stereocenters. The van der Waals surface area contributed by atoms with Crippen LogP contribution in [0.15, 0.2) is 78.9 Å². The summed E-state index contributed by atoms with van der Waals surface area (Å²) in [5.74, 6) is -0.760. The van der Waals surface area contributed by atoms with Crippen LogP contribution >= 0.6 is 11.6 Å². The minimum Gasteiger partial charge on any atom is -0.354 e. The molecule has 0 radical (unpaired) electrons. The van der Waals surface area contributed by atoms with Crippen molar-refractivity contribution in [2.45, 2.75) is 52.1 Å². The summed E-state index contributed by atoms with van der Waals surface area (Å²) in [6, 6.07) is 22.8. The van der Waals surface area contributed by atoms with Crippen LogP contribution in [0.2, 0.25) is 5.02 Å². The van der Waals surface area contributed by atoms with E-state index in [1.807, 2.05) is 56.3 Å². The van der Waals surface area contributed by atoms with E-state index in [9.17, 15) is 18.0 Å². The van der Waals surface area contributed by atoms with Crippen molar-refractivity contribution in [2.24, 2.45) is 0 Å². The van der Waals surface area contributed by atoms with E-state index in [-0.39, 0.29) is 18.9 Å². The van der Waals surface area contributed by atoms with Crippen LogP contribution in [0.5, 0.6) is 0 Å². The molecule has 2 amide bonds. The molecule has 0 aromatic heterocycles. The SMILES string of the molecule is CCCCNC(=O)[C@@H](Cc1ccccc1)N(Cc1ccc(Cl)cc1)C(=O)CN(c1ccc(CC)cc1)S(C)(=O)=O. The standard InChI is InChI=1S/C31H38ClN3O4S/c1-4-6-20-33-31(37)29(21-25-10-8-7-9-11-25)34(22-26-12-16-27(32)17-13-26)30(36)23-35(40(3,38)39)28-18-14-24(5-2)15-19-28/h7-19,29H,4-6,20-23H2,1-3H3,(H,33,37)/t29-/m1/s1. The summed E-state index contributed by atoms with van der Waals surface area (Å²) in [5.41, 5.74) is 3.11. The number of nitrogens with one attached hydrogen (secondary N) is 1. The van der Waals surface area contributed by atoms with Crippen molar-refractivity contribution in [3.63, 3.8) is 0 Å². The van der Waals surface area contributed by atoms with E-state index in [0.717, 1.165) is 46.5 Å². The minimum atomic E-state index is -3.80. The van der Waals surface area contributed by atoms with Gasteiger partial charge in [0.05, 0.1) is 11.9 Å². The zero-order chi connectivity index (χ0) is 29.1. The summed E-state index contributed by atoms with van der Waals surface area (Å²) >= 11 is 6.09. The molecule has 0 spiro atoms. The number of amides is 2. The maximum atomic E-state index is 14.0. The van der Waals surface area contributed by atoms with Gasteiger partial charge in [0.15, 0.2) is 0 Å². The number of hydrogen-bond acceptors (Lipinski definition) is 4. The van der Waals surface area contributed by atoms with Crippen molar-refractivity contribution in [1.29, 1.82) is 0 Å². The van der Waals surface area contributed by atoms with Gasteiger partial charge < -0.3 is 10.2 Å². The molecule has 0 saturated heterocycles. The molecule has 3 aromatic carbocycles. The molecule has 0 heterocycles. The number of carbonyl (C=O) groups excluding carboxylic acids is 2. The maximum absolute atomic E-state index is 14.0. The van der Waals surface area contributed by atoms with Crippen LogP contribution in [0.3, 0.4) is 0 Å². The Bertz CT molecular complexity index is 1350. The number of rotatable bonds is 14. The predicted molar refractivity (Wildman–Crippen MR) is 162 cm³/mol. The molecule has 0 aliphatic heterocycles. The Kier molecular flexibility index (Phi) is 11.6. The van der Waals surface area contributed by atoms with E-state index in [1.165, 1.54) is 4.90 Å². The van der Waals surface area contributed by atoms with E-state index in [2.05, 4.69) is 5.32 Å². The number of anilines is 1. The zero-order valence-corrected chi connectivity index (χ0v) is 24.9. The lowest BCUT2D eigenvalue weighted by molar-refractivity contribution is -0.140. The molecule has 1 N–H and O–H groups in total. The first-order chi connectivity index (χ1) is 19.1. The Labute approximate surface area is 243 Å². The van der Waals surface area contributed by atoms with Gasteiger partial charge in [-0.05, 0) is 53.8 Å². The molecular formula is C31H38ClN3O4S. The zero-order valence-electron chi connectivity index (χ0n) is 23.3. The largest absolute Gasteiger partial charge is 0.354 e. The van der Waals surface area contributed by atoms with Gasteiger partial charge in [-0.2, -0.15) is 0 Å². The average Bonchev–Trinajstić information content (AvgIpc) is 2.94. The third-order valence-corrected chi connectivity index (χ3v) is 8.07. The first-order valence-corrected chi connectivity index (χ1v) is 15.8. The topological polar surface area (TPSA) is 86.8 Å². The van der Waals surface area contributed by atoms with Crippen molar-refractivity contribution in [3.8, 4) is 0 Å². The lowest BCUT2D eigenvalue weighted by Gasteiger charge is -2.33. The van der Waals surface area contributed by atoms with Crippen molar-refractivity contribution < 1.29 is 18.0 Å². The molecule has 3 rings (SSSR count). The third-order valence-electron chi connectivity index (χ3n) is 6.68. The van der Waals surface area contributed by atoms with E-state index < -0.39 is 28.5 Å². The summed E-state index contributed by atoms with van der Waals surface area (Å²) in [4.78, 5) is 29.1. The van der Waals surface area contributed by atoms with E-state index in [4.69, 9.17) is 11.6 Å². The number of carbonyl (C=O) groups is 2. The van der Waals surface area contributed by atoms with Crippen LogP contribution in [-0.2, 0) is 39.0 Å². The molecule has 0 aliphatic carbocycles. The first kappa shape index (κ1) is 31.2. The van der Waals surface area contributed by atoms with Crippen LogP contribution in [0, 0.1) is 0 Å². The molecule has 0 saturated carbocycles. The smallest absolute Gasteiger partial charge is 0.244 e. The lowest BCUT2D eigenvalue weighted by atomic mass is 10.0. The van der Waals surface area contributed by atoms with Gasteiger partial charge in [-0.1, -0.05) is 86.5 Å². The highest BCUT2D eigenvalue weighted by Crippen LogP contribution is 2.22. The fraction of sp³-hybridized carbons (Fsp3) is 0.355. The quantitative estimate of drug-likeness (QED) is 0.263. The van der Waals surface area contributed by atoms with Crippen LogP contribution in [-0.4, -0.2) is 50.5 Å². The summed E-state index contributed by atoms with van der Waals surface area (Å²) in [6.45, 7) is 4.21. The second-order valence-corrected chi connectivity index (χ2v) is 12.1. The number of nitrogens with zero attached hydrogens (tertiary/aromatic N) is 2. The number of halogens is 1. The van der Waals surface area contributed by atoms with Crippen molar-refractivity contribution >= 4 is 39.1 Å². The summed E-state index contributed by atoms with van der Waals surface area (Å²) in [7, 11) is -3.80. The molecule has 214 valence electrons. The molecule has 40 heavy (non-hydrogen) atoms. The highest BCUT2D eigenvalue weighted by atomic mass is 35.5. The summed E-state index contributed by atoms with van der Waals surface area (Å²) in [6.07, 6.45) is 3.89. The number of unbranched alkanes of at least 4 members (excludes halogenated alkanes) is 1. The average molecular weight is 584 g/mol. The number of aryl methyl sites for hydroxylation is 1. The van der Waals surface area contributed by atoms with Crippen LogP contribution in [0.4, 0.5) is 5.69 Å². The summed E-state index contributed by atoms with van der Waals surface area (Å²) < 4.78 is 26.8. The molecule has 0 bridgehead atoms. The minimum absolute atomic E-state index is 0.112. The molecule has 0 fully saturated rings. The van der Waals surface area contributed by atoms with Gasteiger partial charge in [0.2, 0.25) is 21.8 Å². The third kappa shape index (κ3) is 9.10. The number of benzene rings is 3. The number of hydrogen-bond donors (Lipinski definition) is 1. The van der Waals surface area contributed by atoms with Gasteiger partial charge in [0, 0.05) is 24.5 Å². The molecule has 3 aromatic rings. The molecule has 9 heteroatoms. The first-order valence-electron chi connectivity index (χ1n) is 13.5. The van der Waals surface area contributed by atoms with Crippen LogP contribution in [0.1, 0.15) is 43.4 Å². The Morgan fingerprint density at radius 1 is 0.875 bits per heavy atom. The Morgan fingerprint density at radius 3 is 2.08 bits per heavy atom. The maximum Gasteiger partial charge on any atom is 0.244 e. The fourth-order valence-electron chi connectivity index (χ4n) is 4.36. The normalized spacial score (nSPS) is 12.0. The van der Waals surface area contributed by atoms with Crippen molar-refractivity contribution in [2.75, 3.05) is 23.7 Å². The second-order valence-electron chi connectivity index (χ2n) is 9.79. The van der Waals surface area contributed by atoms with Gasteiger partial charge >= 0.3 is 0 Å². The Hall–Kier alpha value is -3.36. The fourth-order valence-corrected chi connectivity index (χ4v) is 5.33. The van der Waals surface area contributed by atoms with Crippen LogP contribution in [0.25, 0.3) is 0 Å². The molecule has 7 nitrogen and oxygen atoms in total. The van der Waals surface area contributed by atoms with Gasteiger partial charge in [-0.25, -0.2) is 8.42 Å². The molecule has 0 aliphatic rings. The molecule has 0 unspecified atom stereocenters. The van der Waals surface area contributed by atoms with Crippen molar-refractivity contribution in [3.05, 3.63) is 101 Å². The summed E-state index contributed by atoms with van der Waals surface area (Å²) in [5, 5.41) is 3.53. The van der Waals surface area contributed by atoms with Gasteiger partial charge in [0.25, 0.3) is 0 Å².